The fourth-order valence-electron chi connectivity index (χ4n) is 3.45. The molecule has 1 aliphatic carbocycles. The minimum Gasteiger partial charge on any atom is -0.491 e. The molecule has 0 saturated heterocycles. The standard InChI is InChI=1S/C18H28FNO/c1-5-21-18-9-7-14(11-16(18)19)20-17-10-13(4)6-8-15(17)12(2)3/h7,9,11-13,15,17,20H,5-6,8,10H2,1-4H3. The number of ether oxygens (including phenoxy) is 1. The summed E-state index contributed by atoms with van der Waals surface area (Å²) in [5.41, 5.74) is 0.862. The van der Waals surface area contributed by atoms with Gasteiger partial charge in [-0.3, -0.25) is 0 Å². The molecule has 2 nitrogen and oxygen atoms in total. The van der Waals surface area contributed by atoms with Gasteiger partial charge in [0.2, 0.25) is 0 Å². The van der Waals surface area contributed by atoms with Gasteiger partial charge in [-0.1, -0.05) is 27.2 Å². The van der Waals surface area contributed by atoms with Crippen LogP contribution < -0.4 is 10.1 Å². The molecule has 3 unspecified atom stereocenters. The van der Waals surface area contributed by atoms with E-state index in [0.29, 0.717) is 30.2 Å². The summed E-state index contributed by atoms with van der Waals surface area (Å²) in [5, 5.41) is 3.56. The molecule has 21 heavy (non-hydrogen) atoms. The Balaban J connectivity index is 2.09. The molecule has 0 heterocycles. The molecule has 0 aliphatic heterocycles. The van der Waals surface area contributed by atoms with Crippen LogP contribution in [0, 0.1) is 23.6 Å². The molecule has 1 aromatic carbocycles. The highest BCUT2D eigenvalue weighted by atomic mass is 19.1. The van der Waals surface area contributed by atoms with Gasteiger partial charge >= 0.3 is 0 Å². The van der Waals surface area contributed by atoms with Crippen LogP contribution in [0.15, 0.2) is 18.2 Å². The Bertz CT molecular complexity index is 461. The van der Waals surface area contributed by atoms with Crippen LogP contribution in [0.1, 0.15) is 47.0 Å². The molecule has 1 aliphatic rings. The highest BCUT2D eigenvalue weighted by Gasteiger charge is 2.30. The molecule has 1 aromatic rings. The lowest BCUT2D eigenvalue weighted by Crippen LogP contribution is -2.37. The first-order valence-electron chi connectivity index (χ1n) is 8.20. The largest absolute Gasteiger partial charge is 0.491 e. The van der Waals surface area contributed by atoms with Crippen molar-refractivity contribution in [1.82, 2.24) is 0 Å². The first-order valence-corrected chi connectivity index (χ1v) is 8.20. The van der Waals surface area contributed by atoms with Crippen LogP contribution in [0.25, 0.3) is 0 Å². The maximum absolute atomic E-state index is 14.0. The molecule has 0 radical (unpaired) electrons. The monoisotopic (exact) mass is 293 g/mol. The molecule has 3 atom stereocenters. The molecule has 0 aromatic heterocycles. The lowest BCUT2D eigenvalue weighted by molar-refractivity contribution is 0.212. The zero-order valence-corrected chi connectivity index (χ0v) is 13.7. The highest BCUT2D eigenvalue weighted by Crippen LogP contribution is 2.35. The summed E-state index contributed by atoms with van der Waals surface area (Å²) in [6.07, 6.45) is 3.73. The van der Waals surface area contributed by atoms with Crippen LogP contribution in [0.2, 0.25) is 0 Å². The Morgan fingerprint density at radius 2 is 2.10 bits per heavy atom. The van der Waals surface area contributed by atoms with Crippen LogP contribution in [0.5, 0.6) is 5.75 Å². The third kappa shape index (κ3) is 4.12. The van der Waals surface area contributed by atoms with Gasteiger partial charge in [0.1, 0.15) is 0 Å². The predicted molar refractivity (Wildman–Crippen MR) is 86.3 cm³/mol. The van der Waals surface area contributed by atoms with E-state index < -0.39 is 0 Å². The van der Waals surface area contributed by atoms with Crippen molar-refractivity contribution in [2.45, 2.75) is 53.0 Å². The van der Waals surface area contributed by atoms with Crippen LogP contribution in [0.3, 0.4) is 0 Å². The van der Waals surface area contributed by atoms with Crippen molar-refractivity contribution in [3.05, 3.63) is 24.0 Å². The zero-order valence-electron chi connectivity index (χ0n) is 13.7. The highest BCUT2D eigenvalue weighted by molar-refractivity contribution is 5.48. The normalized spacial score (nSPS) is 25.9. The third-order valence-electron chi connectivity index (χ3n) is 4.61. The van der Waals surface area contributed by atoms with E-state index in [1.54, 1.807) is 12.1 Å². The summed E-state index contributed by atoms with van der Waals surface area (Å²) in [5.74, 6) is 2.11. The molecular formula is C18H28FNO. The summed E-state index contributed by atoms with van der Waals surface area (Å²) in [4.78, 5) is 0. The second-order valence-electron chi connectivity index (χ2n) is 6.66. The summed E-state index contributed by atoms with van der Waals surface area (Å²) in [7, 11) is 0. The molecule has 0 bridgehead atoms. The van der Waals surface area contributed by atoms with E-state index in [4.69, 9.17) is 4.74 Å². The van der Waals surface area contributed by atoms with Crippen molar-refractivity contribution in [3.8, 4) is 5.75 Å². The molecule has 0 amide bonds. The van der Waals surface area contributed by atoms with Crippen LogP contribution in [-0.2, 0) is 0 Å². The minimum atomic E-state index is -0.285. The van der Waals surface area contributed by atoms with Gasteiger partial charge in [-0.2, -0.15) is 0 Å². The predicted octanol–water partition coefficient (Wildman–Crippen LogP) is 5.10. The van der Waals surface area contributed by atoms with Crippen molar-refractivity contribution in [2.24, 2.45) is 17.8 Å². The second kappa shape index (κ2) is 7.15. The number of anilines is 1. The summed E-state index contributed by atoms with van der Waals surface area (Å²) in [6, 6.07) is 5.63. The molecule has 1 fully saturated rings. The van der Waals surface area contributed by atoms with Crippen molar-refractivity contribution in [1.29, 1.82) is 0 Å². The number of rotatable bonds is 5. The Kier molecular flexibility index (Phi) is 5.49. The maximum Gasteiger partial charge on any atom is 0.167 e. The second-order valence-corrected chi connectivity index (χ2v) is 6.66. The van der Waals surface area contributed by atoms with Gasteiger partial charge < -0.3 is 10.1 Å². The number of hydrogen-bond donors (Lipinski definition) is 1. The number of nitrogens with one attached hydrogen (secondary N) is 1. The average molecular weight is 293 g/mol. The van der Waals surface area contributed by atoms with E-state index in [9.17, 15) is 4.39 Å². The number of hydrogen-bond acceptors (Lipinski definition) is 2. The Labute approximate surface area is 128 Å². The van der Waals surface area contributed by atoms with Gasteiger partial charge in [-0.25, -0.2) is 4.39 Å². The van der Waals surface area contributed by atoms with Gasteiger partial charge in [-0.05, 0) is 49.7 Å². The molecule has 1 N–H and O–H groups in total. The average Bonchev–Trinajstić information content (AvgIpc) is 2.42. The Morgan fingerprint density at radius 3 is 2.71 bits per heavy atom. The van der Waals surface area contributed by atoms with Gasteiger partial charge in [0, 0.05) is 17.8 Å². The van der Waals surface area contributed by atoms with Gasteiger partial charge in [0.05, 0.1) is 6.61 Å². The topological polar surface area (TPSA) is 21.3 Å². The van der Waals surface area contributed by atoms with Crippen molar-refractivity contribution >= 4 is 5.69 Å². The van der Waals surface area contributed by atoms with E-state index in [0.717, 1.165) is 18.0 Å². The van der Waals surface area contributed by atoms with Crippen LogP contribution in [-0.4, -0.2) is 12.6 Å². The number of benzene rings is 1. The van der Waals surface area contributed by atoms with E-state index in [1.807, 2.05) is 13.0 Å². The SMILES string of the molecule is CCOc1ccc(NC2CC(C)CCC2C(C)C)cc1F. The van der Waals surface area contributed by atoms with E-state index in [-0.39, 0.29) is 5.82 Å². The van der Waals surface area contributed by atoms with E-state index in [2.05, 4.69) is 26.1 Å². The molecule has 118 valence electrons. The molecule has 0 spiro atoms. The lowest BCUT2D eigenvalue weighted by atomic mass is 9.74. The van der Waals surface area contributed by atoms with Crippen molar-refractivity contribution in [3.63, 3.8) is 0 Å². The molecule has 2 rings (SSSR count). The van der Waals surface area contributed by atoms with Gasteiger partial charge in [0.25, 0.3) is 0 Å². The quantitative estimate of drug-likeness (QED) is 0.815. The summed E-state index contributed by atoms with van der Waals surface area (Å²) < 4.78 is 19.2. The number of halogens is 1. The first-order chi connectivity index (χ1) is 10.0. The molecule has 3 heteroatoms. The zero-order chi connectivity index (χ0) is 15.4. The lowest BCUT2D eigenvalue weighted by Gasteiger charge is -2.38. The summed E-state index contributed by atoms with van der Waals surface area (Å²) in [6.45, 7) is 9.23. The Hall–Kier alpha value is -1.25. The minimum absolute atomic E-state index is 0.285. The van der Waals surface area contributed by atoms with E-state index >= 15 is 0 Å². The van der Waals surface area contributed by atoms with Gasteiger partial charge in [-0.15, -0.1) is 0 Å². The Morgan fingerprint density at radius 1 is 1.33 bits per heavy atom. The fraction of sp³-hybridized carbons (Fsp3) is 0.667. The smallest absolute Gasteiger partial charge is 0.167 e. The molecular weight excluding hydrogens is 265 g/mol. The van der Waals surface area contributed by atoms with Crippen molar-refractivity contribution in [2.75, 3.05) is 11.9 Å². The van der Waals surface area contributed by atoms with Gasteiger partial charge in [0.15, 0.2) is 11.6 Å². The van der Waals surface area contributed by atoms with Crippen LogP contribution >= 0.6 is 0 Å². The summed E-state index contributed by atoms with van der Waals surface area (Å²) >= 11 is 0. The molecule has 1 saturated carbocycles. The van der Waals surface area contributed by atoms with Crippen LogP contribution in [0.4, 0.5) is 10.1 Å². The van der Waals surface area contributed by atoms with E-state index in [1.165, 1.54) is 12.8 Å². The third-order valence-corrected chi connectivity index (χ3v) is 4.61. The maximum atomic E-state index is 14.0. The first kappa shape index (κ1) is 16.1. The fourth-order valence-corrected chi connectivity index (χ4v) is 3.45. The van der Waals surface area contributed by atoms with Crippen molar-refractivity contribution < 1.29 is 9.13 Å².